The minimum absolute atomic E-state index is 0.897. The predicted octanol–water partition coefficient (Wildman–Crippen LogP) is 4.19. The summed E-state index contributed by atoms with van der Waals surface area (Å²) in [4.78, 5) is 0. The molecule has 0 aromatic carbocycles. The first-order valence-electron chi connectivity index (χ1n) is 7.25. The molecule has 0 N–H and O–H groups in total. The third-order valence-electron chi connectivity index (χ3n) is 5.73. The molecule has 6 atom stereocenters. The molecule has 3 fully saturated rings. The van der Waals surface area contributed by atoms with Gasteiger partial charge in [0, 0.05) is 0 Å². The highest BCUT2D eigenvalue weighted by atomic mass is 14.4. The maximum absolute atomic E-state index is 2.61. The molecule has 4 aliphatic rings. The molecule has 16 heavy (non-hydrogen) atoms. The second-order valence-electron chi connectivity index (χ2n) is 6.67. The van der Waals surface area contributed by atoms with Crippen molar-refractivity contribution in [2.45, 2.75) is 38.5 Å². The van der Waals surface area contributed by atoms with Gasteiger partial charge >= 0.3 is 0 Å². The highest BCUT2D eigenvalue weighted by Gasteiger charge is 2.39. The van der Waals surface area contributed by atoms with Crippen molar-refractivity contribution in [1.82, 2.24) is 0 Å². The molecule has 86 valence electrons. The molecule has 0 nitrogen and oxygen atoms in total. The van der Waals surface area contributed by atoms with Crippen molar-refractivity contribution in [2.75, 3.05) is 0 Å². The molecule has 0 heterocycles. The van der Waals surface area contributed by atoms with E-state index in [1.807, 2.05) is 0 Å². The molecule has 3 saturated carbocycles. The van der Waals surface area contributed by atoms with Crippen LogP contribution in [0.1, 0.15) is 38.5 Å². The third kappa shape index (κ3) is 1.42. The lowest BCUT2D eigenvalue weighted by atomic mass is 9.86. The first-order chi connectivity index (χ1) is 7.88. The Kier molecular flexibility index (Phi) is 2.07. The van der Waals surface area contributed by atoms with E-state index in [1.165, 1.54) is 32.1 Å². The number of fused-ring (bicyclic) bond motifs is 4. The first kappa shape index (κ1) is 9.50. The van der Waals surface area contributed by atoms with Crippen LogP contribution in [0.5, 0.6) is 0 Å². The third-order valence-corrected chi connectivity index (χ3v) is 5.73. The van der Waals surface area contributed by atoms with E-state index in [0.717, 1.165) is 35.5 Å². The summed E-state index contributed by atoms with van der Waals surface area (Å²) in [6.07, 6.45) is 19.1. The van der Waals surface area contributed by atoms with E-state index in [-0.39, 0.29) is 0 Å². The van der Waals surface area contributed by atoms with Gasteiger partial charge in [0.15, 0.2) is 0 Å². The maximum Gasteiger partial charge on any atom is -0.0165 e. The van der Waals surface area contributed by atoms with Crippen molar-refractivity contribution in [3.05, 3.63) is 24.3 Å². The average Bonchev–Trinajstić information content (AvgIpc) is 3.05. The van der Waals surface area contributed by atoms with Crippen LogP contribution < -0.4 is 0 Å². The molecule has 0 amide bonds. The van der Waals surface area contributed by atoms with E-state index >= 15 is 0 Å². The Morgan fingerprint density at radius 3 is 2.38 bits per heavy atom. The highest BCUT2D eigenvalue weighted by molar-refractivity contribution is 5.15. The summed E-state index contributed by atoms with van der Waals surface area (Å²) in [5.41, 5.74) is 0. The molecule has 0 aromatic rings. The van der Waals surface area contributed by atoms with Gasteiger partial charge in [0.1, 0.15) is 0 Å². The van der Waals surface area contributed by atoms with E-state index < -0.39 is 0 Å². The predicted molar refractivity (Wildman–Crippen MR) is 66.9 cm³/mol. The normalized spacial score (nSPS) is 53.5. The van der Waals surface area contributed by atoms with Crippen molar-refractivity contribution in [3.63, 3.8) is 0 Å². The lowest BCUT2D eigenvalue weighted by Crippen LogP contribution is -2.09. The van der Waals surface area contributed by atoms with Gasteiger partial charge in [-0.05, 0) is 67.6 Å². The standard InChI is InChI=1S/C16H22/c1-3-13-7-11(1)9-15(13)5-6-16-10-12-2-4-14(16)8-12/h1,3,5-6,11-16H,2,4,7-10H2/b6-5+. The van der Waals surface area contributed by atoms with Gasteiger partial charge in [-0.3, -0.25) is 0 Å². The van der Waals surface area contributed by atoms with E-state index in [1.54, 1.807) is 6.42 Å². The Morgan fingerprint density at radius 1 is 0.812 bits per heavy atom. The fourth-order valence-electron chi connectivity index (χ4n) is 4.86. The molecule has 0 radical (unpaired) electrons. The largest absolute Gasteiger partial charge is 0.0851 e. The van der Waals surface area contributed by atoms with Gasteiger partial charge in [0.2, 0.25) is 0 Å². The van der Waals surface area contributed by atoms with E-state index in [0.29, 0.717) is 0 Å². The molecule has 4 bridgehead atoms. The van der Waals surface area contributed by atoms with Gasteiger partial charge in [-0.25, -0.2) is 0 Å². The van der Waals surface area contributed by atoms with E-state index in [2.05, 4.69) is 24.3 Å². The maximum atomic E-state index is 2.61. The molecule has 0 saturated heterocycles. The van der Waals surface area contributed by atoms with Crippen molar-refractivity contribution < 1.29 is 0 Å². The Bertz CT molecular complexity index is 338. The summed E-state index contributed by atoms with van der Waals surface area (Å²) >= 11 is 0. The lowest BCUT2D eigenvalue weighted by Gasteiger charge is -2.19. The number of rotatable bonds is 2. The molecule has 0 heteroatoms. The van der Waals surface area contributed by atoms with Crippen LogP contribution in [0.25, 0.3) is 0 Å². The fraction of sp³-hybridized carbons (Fsp3) is 0.750. The molecule has 6 unspecified atom stereocenters. The van der Waals surface area contributed by atoms with Crippen LogP contribution in [-0.4, -0.2) is 0 Å². The zero-order valence-corrected chi connectivity index (χ0v) is 10.0. The Morgan fingerprint density at radius 2 is 1.75 bits per heavy atom. The van der Waals surface area contributed by atoms with E-state index in [4.69, 9.17) is 0 Å². The van der Waals surface area contributed by atoms with E-state index in [9.17, 15) is 0 Å². The highest BCUT2D eigenvalue weighted by Crippen LogP contribution is 2.50. The summed E-state index contributed by atoms with van der Waals surface area (Å²) in [6.45, 7) is 0. The van der Waals surface area contributed by atoms with Gasteiger partial charge < -0.3 is 0 Å². The van der Waals surface area contributed by atoms with Crippen molar-refractivity contribution in [3.8, 4) is 0 Å². The summed E-state index contributed by atoms with van der Waals surface area (Å²) in [5.74, 6) is 5.85. The van der Waals surface area contributed by atoms with Crippen LogP contribution >= 0.6 is 0 Å². The molecular weight excluding hydrogens is 192 g/mol. The van der Waals surface area contributed by atoms with Gasteiger partial charge in [0.05, 0.1) is 0 Å². The minimum Gasteiger partial charge on any atom is -0.0851 e. The van der Waals surface area contributed by atoms with Crippen LogP contribution in [0.15, 0.2) is 24.3 Å². The number of hydrogen-bond acceptors (Lipinski definition) is 0. The molecule has 0 aliphatic heterocycles. The summed E-state index contributed by atoms with van der Waals surface area (Å²) < 4.78 is 0. The molecule has 4 rings (SSSR count). The number of hydrogen-bond donors (Lipinski definition) is 0. The van der Waals surface area contributed by atoms with Crippen LogP contribution in [0.4, 0.5) is 0 Å². The Balaban J connectivity index is 1.42. The molecule has 0 aromatic heterocycles. The van der Waals surface area contributed by atoms with Gasteiger partial charge in [-0.1, -0.05) is 30.7 Å². The van der Waals surface area contributed by atoms with Crippen LogP contribution in [0.2, 0.25) is 0 Å². The smallest absolute Gasteiger partial charge is 0.0165 e. The van der Waals surface area contributed by atoms with Crippen molar-refractivity contribution in [1.29, 1.82) is 0 Å². The summed E-state index contributed by atoms with van der Waals surface area (Å²) in [6, 6.07) is 0. The first-order valence-corrected chi connectivity index (χ1v) is 7.25. The molecule has 4 aliphatic carbocycles. The lowest BCUT2D eigenvalue weighted by molar-refractivity contribution is 0.391. The van der Waals surface area contributed by atoms with Gasteiger partial charge in [-0.15, -0.1) is 0 Å². The Hall–Kier alpha value is -0.520. The second-order valence-corrected chi connectivity index (χ2v) is 6.67. The summed E-state index contributed by atoms with van der Waals surface area (Å²) in [7, 11) is 0. The minimum atomic E-state index is 0.897. The molecule has 0 spiro atoms. The second kappa shape index (κ2) is 3.48. The summed E-state index contributed by atoms with van der Waals surface area (Å²) in [5, 5.41) is 0. The van der Waals surface area contributed by atoms with Gasteiger partial charge in [0.25, 0.3) is 0 Å². The monoisotopic (exact) mass is 214 g/mol. The van der Waals surface area contributed by atoms with Crippen molar-refractivity contribution in [2.24, 2.45) is 35.5 Å². The SMILES string of the molecule is C1=CC2CC1CC2/C=C/C1CC2CCC1C2. The van der Waals surface area contributed by atoms with Crippen molar-refractivity contribution >= 4 is 0 Å². The van der Waals surface area contributed by atoms with Gasteiger partial charge in [-0.2, -0.15) is 0 Å². The van der Waals surface area contributed by atoms with Crippen LogP contribution in [-0.2, 0) is 0 Å². The Labute approximate surface area is 98.8 Å². The molecular formula is C16H22. The van der Waals surface area contributed by atoms with Crippen LogP contribution in [0, 0.1) is 35.5 Å². The fourth-order valence-corrected chi connectivity index (χ4v) is 4.86. The number of allylic oxidation sites excluding steroid dienone is 4. The zero-order chi connectivity index (χ0) is 10.5. The van der Waals surface area contributed by atoms with Crippen LogP contribution in [0.3, 0.4) is 0 Å². The quantitative estimate of drug-likeness (QED) is 0.605. The topological polar surface area (TPSA) is 0 Å². The zero-order valence-electron chi connectivity index (χ0n) is 10.0. The average molecular weight is 214 g/mol.